The van der Waals surface area contributed by atoms with Crippen molar-refractivity contribution in [3.63, 3.8) is 0 Å². The summed E-state index contributed by atoms with van der Waals surface area (Å²) in [4.78, 5) is 23.5. The Bertz CT molecular complexity index is 901. The first-order chi connectivity index (χ1) is 15.3. The maximum atomic E-state index is 13.2. The summed E-state index contributed by atoms with van der Waals surface area (Å²) < 4.78 is 59.5. The van der Waals surface area contributed by atoms with E-state index in [0.29, 0.717) is 24.5 Å². The van der Waals surface area contributed by atoms with Crippen LogP contribution in [0.15, 0.2) is 23.1 Å². The highest BCUT2D eigenvalue weighted by Gasteiger charge is 2.38. The summed E-state index contributed by atoms with van der Waals surface area (Å²) in [5, 5.41) is 10.3. The van der Waals surface area contributed by atoms with Crippen LogP contribution in [-0.2, 0) is 19.6 Å². The van der Waals surface area contributed by atoms with Gasteiger partial charge < -0.3 is 15.3 Å². The molecule has 1 aromatic carbocycles. The lowest BCUT2D eigenvalue weighted by Crippen LogP contribution is -2.47. The highest BCUT2D eigenvalue weighted by Crippen LogP contribution is 2.22. The average molecular weight is 496 g/mol. The molecule has 1 heterocycles. The van der Waals surface area contributed by atoms with E-state index in [9.17, 15) is 26.4 Å². The van der Waals surface area contributed by atoms with Crippen LogP contribution in [0.5, 0.6) is 0 Å². The Kier molecular flexibility index (Phi) is 11.3. The topological polar surface area (TPSA) is 107 Å². The number of alkyl halides is 3. The summed E-state index contributed by atoms with van der Waals surface area (Å²) in [5.74, 6) is -2.73. The fourth-order valence-electron chi connectivity index (χ4n) is 3.21. The van der Waals surface area contributed by atoms with E-state index in [1.54, 1.807) is 6.07 Å². The molecule has 0 atom stereocenters. The standard InChI is InChI=1S/C19H31N3O3S.C2HF3O2/c1-4-5-11-22(12-8-19(23)21-13-9-20-10-14-21)26(24,25)18-7-6-16(2)15-17(18)3;3-2(4,5)1(6)7/h6-7,15,20H,4-5,8-14H2,1-3H3;(H,6,7). The molecule has 1 fully saturated rings. The average Bonchev–Trinajstić information content (AvgIpc) is 2.73. The number of amides is 1. The minimum absolute atomic E-state index is 0.0313. The number of aryl methyl sites for hydroxylation is 2. The highest BCUT2D eigenvalue weighted by molar-refractivity contribution is 7.89. The summed E-state index contributed by atoms with van der Waals surface area (Å²) in [6.07, 6.45) is -3.16. The van der Waals surface area contributed by atoms with Gasteiger partial charge in [0.05, 0.1) is 4.90 Å². The van der Waals surface area contributed by atoms with Crippen molar-refractivity contribution in [2.45, 2.75) is 51.1 Å². The summed E-state index contributed by atoms with van der Waals surface area (Å²) in [6, 6.07) is 5.39. The maximum Gasteiger partial charge on any atom is 0.490 e. The van der Waals surface area contributed by atoms with E-state index < -0.39 is 22.2 Å². The van der Waals surface area contributed by atoms with Gasteiger partial charge in [-0.25, -0.2) is 13.2 Å². The van der Waals surface area contributed by atoms with Gasteiger partial charge in [-0.1, -0.05) is 31.0 Å². The van der Waals surface area contributed by atoms with Gasteiger partial charge in [0.15, 0.2) is 0 Å². The summed E-state index contributed by atoms with van der Waals surface area (Å²) >= 11 is 0. The van der Waals surface area contributed by atoms with Crippen molar-refractivity contribution < 1.29 is 36.3 Å². The van der Waals surface area contributed by atoms with Crippen LogP contribution >= 0.6 is 0 Å². The minimum Gasteiger partial charge on any atom is -0.475 e. The molecule has 0 radical (unpaired) electrons. The zero-order chi connectivity index (χ0) is 25.2. The number of carboxylic acid groups (broad SMARTS) is 1. The van der Waals surface area contributed by atoms with Crippen molar-refractivity contribution in [2.24, 2.45) is 0 Å². The number of rotatable bonds is 8. The van der Waals surface area contributed by atoms with Crippen LogP contribution in [0, 0.1) is 13.8 Å². The van der Waals surface area contributed by atoms with Crippen LogP contribution in [0.25, 0.3) is 0 Å². The molecule has 1 aromatic rings. The van der Waals surface area contributed by atoms with E-state index >= 15 is 0 Å². The van der Waals surface area contributed by atoms with Crippen molar-refractivity contribution in [3.05, 3.63) is 29.3 Å². The Labute approximate surface area is 192 Å². The maximum absolute atomic E-state index is 13.2. The van der Waals surface area contributed by atoms with Crippen LogP contribution in [-0.4, -0.2) is 80.1 Å². The number of nitrogens with one attached hydrogen (secondary N) is 1. The van der Waals surface area contributed by atoms with Gasteiger partial charge in [-0.2, -0.15) is 17.5 Å². The van der Waals surface area contributed by atoms with E-state index in [0.717, 1.165) is 37.1 Å². The SMILES string of the molecule is CCCCN(CCC(=O)N1CCNCC1)S(=O)(=O)c1ccc(C)cc1C.O=C(O)C(F)(F)F. The lowest BCUT2D eigenvalue weighted by atomic mass is 10.2. The van der Waals surface area contributed by atoms with Crippen molar-refractivity contribution in [2.75, 3.05) is 39.3 Å². The van der Waals surface area contributed by atoms with Crippen molar-refractivity contribution in [1.82, 2.24) is 14.5 Å². The molecular weight excluding hydrogens is 463 g/mol. The molecule has 1 amide bonds. The molecule has 0 bridgehead atoms. The largest absolute Gasteiger partial charge is 0.490 e. The number of sulfonamides is 1. The van der Waals surface area contributed by atoms with Gasteiger partial charge in [0.1, 0.15) is 0 Å². The van der Waals surface area contributed by atoms with E-state index in [1.807, 2.05) is 37.8 Å². The normalized spacial score (nSPS) is 14.6. The fourth-order valence-corrected chi connectivity index (χ4v) is 4.89. The summed E-state index contributed by atoms with van der Waals surface area (Å²) in [6.45, 7) is 9.47. The quantitative estimate of drug-likeness (QED) is 0.574. The lowest BCUT2D eigenvalue weighted by molar-refractivity contribution is -0.192. The molecule has 0 unspecified atom stereocenters. The lowest BCUT2D eigenvalue weighted by Gasteiger charge is -2.29. The van der Waals surface area contributed by atoms with Crippen LogP contribution in [0.3, 0.4) is 0 Å². The van der Waals surface area contributed by atoms with E-state index in [-0.39, 0.29) is 18.9 Å². The smallest absolute Gasteiger partial charge is 0.475 e. The van der Waals surface area contributed by atoms with E-state index in [1.165, 1.54) is 4.31 Å². The highest BCUT2D eigenvalue weighted by atomic mass is 32.2. The number of unbranched alkanes of at least 4 members (excludes halogenated alkanes) is 1. The Balaban J connectivity index is 0.000000675. The predicted molar refractivity (Wildman–Crippen MR) is 117 cm³/mol. The van der Waals surface area contributed by atoms with Gasteiger partial charge >= 0.3 is 12.1 Å². The zero-order valence-electron chi connectivity index (χ0n) is 19.1. The first-order valence-electron chi connectivity index (χ1n) is 10.7. The molecule has 0 aliphatic carbocycles. The molecule has 12 heteroatoms. The molecule has 8 nitrogen and oxygen atoms in total. The van der Waals surface area contributed by atoms with E-state index in [2.05, 4.69) is 5.32 Å². The fraction of sp³-hybridized carbons (Fsp3) is 0.619. The molecule has 1 aliphatic heterocycles. The predicted octanol–water partition coefficient (Wildman–Crippen LogP) is 2.55. The first kappa shape index (κ1) is 28.9. The second-order valence-electron chi connectivity index (χ2n) is 7.71. The second-order valence-corrected chi connectivity index (χ2v) is 9.62. The number of carboxylic acids is 1. The molecule has 0 aromatic heterocycles. The van der Waals surface area contributed by atoms with Crippen molar-refractivity contribution in [3.8, 4) is 0 Å². The molecule has 188 valence electrons. The van der Waals surface area contributed by atoms with Crippen LogP contribution < -0.4 is 5.32 Å². The number of halogens is 3. The Morgan fingerprint density at radius 3 is 2.21 bits per heavy atom. The Hall–Kier alpha value is -2.18. The third kappa shape index (κ3) is 9.30. The zero-order valence-corrected chi connectivity index (χ0v) is 19.9. The number of carbonyl (C=O) groups excluding carboxylic acids is 1. The number of carbonyl (C=O) groups is 2. The molecule has 1 saturated heterocycles. The molecule has 1 aliphatic rings. The number of hydrogen-bond donors (Lipinski definition) is 2. The first-order valence-corrected chi connectivity index (χ1v) is 12.1. The number of piperazine rings is 1. The van der Waals surface area contributed by atoms with Crippen LogP contribution in [0.2, 0.25) is 0 Å². The van der Waals surface area contributed by atoms with Gasteiger partial charge in [0, 0.05) is 45.7 Å². The molecule has 2 rings (SSSR count). The van der Waals surface area contributed by atoms with Crippen molar-refractivity contribution in [1.29, 1.82) is 0 Å². The second kappa shape index (κ2) is 12.9. The van der Waals surface area contributed by atoms with Gasteiger partial charge in [-0.3, -0.25) is 4.79 Å². The molecular formula is C21H32F3N3O5S. The van der Waals surface area contributed by atoms with Gasteiger partial charge in [-0.05, 0) is 31.9 Å². The van der Waals surface area contributed by atoms with Crippen LogP contribution in [0.1, 0.15) is 37.3 Å². The monoisotopic (exact) mass is 495 g/mol. The van der Waals surface area contributed by atoms with E-state index in [4.69, 9.17) is 9.90 Å². The number of benzene rings is 1. The Morgan fingerprint density at radius 1 is 1.15 bits per heavy atom. The Morgan fingerprint density at radius 2 is 1.73 bits per heavy atom. The molecule has 0 spiro atoms. The van der Waals surface area contributed by atoms with Crippen molar-refractivity contribution >= 4 is 21.9 Å². The molecule has 2 N–H and O–H groups in total. The third-order valence-corrected chi connectivity index (χ3v) is 7.06. The van der Waals surface area contributed by atoms with Crippen LogP contribution in [0.4, 0.5) is 13.2 Å². The van der Waals surface area contributed by atoms with Gasteiger partial charge in [-0.15, -0.1) is 0 Å². The van der Waals surface area contributed by atoms with Gasteiger partial charge in [0.2, 0.25) is 15.9 Å². The third-order valence-electron chi connectivity index (χ3n) is 5.00. The minimum atomic E-state index is -5.08. The number of aliphatic carboxylic acids is 1. The summed E-state index contributed by atoms with van der Waals surface area (Å²) in [7, 11) is -3.60. The summed E-state index contributed by atoms with van der Waals surface area (Å²) in [5.41, 5.74) is 1.79. The molecule has 33 heavy (non-hydrogen) atoms. The number of nitrogens with zero attached hydrogens (tertiary/aromatic N) is 2. The number of hydrogen-bond acceptors (Lipinski definition) is 5. The van der Waals surface area contributed by atoms with Gasteiger partial charge in [0.25, 0.3) is 0 Å². The molecule has 0 saturated carbocycles.